The molecule has 1 aromatic heterocycles. The van der Waals surface area contributed by atoms with Crippen LogP contribution in [-0.2, 0) is 11.8 Å². The van der Waals surface area contributed by atoms with Gasteiger partial charge in [-0.25, -0.2) is 0 Å². The van der Waals surface area contributed by atoms with Crippen LogP contribution in [0.25, 0.3) is 0 Å². The van der Waals surface area contributed by atoms with E-state index in [-0.39, 0.29) is 17.2 Å². The highest BCUT2D eigenvalue weighted by Gasteiger charge is 2.49. The van der Waals surface area contributed by atoms with Crippen molar-refractivity contribution in [1.82, 2.24) is 14.4 Å². The molecule has 126 valence electrons. The molecule has 1 atom stereocenters. The van der Waals surface area contributed by atoms with E-state index in [9.17, 15) is 9.59 Å². The highest BCUT2D eigenvalue weighted by molar-refractivity contribution is 6.31. The Morgan fingerprint density at radius 3 is 2.78 bits per heavy atom. The third kappa shape index (κ3) is 2.87. The molecule has 0 N–H and O–H groups in total. The van der Waals surface area contributed by atoms with Crippen LogP contribution in [0.5, 0.6) is 0 Å². The summed E-state index contributed by atoms with van der Waals surface area (Å²) >= 11 is 5.98. The Bertz CT molecular complexity index is 625. The van der Waals surface area contributed by atoms with Crippen molar-refractivity contribution in [2.24, 2.45) is 12.5 Å². The van der Waals surface area contributed by atoms with Gasteiger partial charge in [0.05, 0.1) is 10.4 Å². The smallest absolute Gasteiger partial charge is 0.270 e. The van der Waals surface area contributed by atoms with Gasteiger partial charge >= 0.3 is 0 Å². The molecule has 0 aliphatic carbocycles. The number of carbonyl (C=O) groups is 2. The quantitative estimate of drug-likeness (QED) is 0.851. The number of halogens is 1. The Hall–Kier alpha value is -1.49. The van der Waals surface area contributed by atoms with Gasteiger partial charge in [0.1, 0.15) is 5.69 Å². The molecule has 3 rings (SSSR count). The Balaban J connectivity index is 1.76. The van der Waals surface area contributed by atoms with Gasteiger partial charge in [-0.3, -0.25) is 9.59 Å². The fourth-order valence-corrected chi connectivity index (χ4v) is 4.21. The largest absolute Gasteiger partial charge is 0.345 e. The number of aryl methyl sites for hydroxylation is 1. The van der Waals surface area contributed by atoms with Crippen molar-refractivity contribution < 1.29 is 9.59 Å². The van der Waals surface area contributed by atoms with E-state index in [0.29, 0.717) is 23.8 Å². The minimum absolute atomic E-state index is 0.0308. The minimum atomic E-state index is -0.363. The van der Waals surface area contributed by atoms with Crippen LogP contribution < -0.4 is 0 Å². The lowest BCUT2D eigenvalue weighted by Gasteiger charge is -2.39. The van der Waals surface area contributed by atoms with Gasteiger partial charge in [0.2, 0.25) is 5.91 Å². The van der Waals surface area contributed by atoms with Gasteiger partial charge in [-0.15, -0.1) is 0 Å². The van der Waals surface area contributed by atoms with Gasteiger partial charge in [-0.1, -0.05) is 18.5 Å². The number of hydrogen-bond donors (Lipinski definition) is 0. The summed E-state index contributed by atoms with van der Waals surface area (Å²) in [6.07, 6.45) is 5.41. The van der Waals surface area contributed by atoms with E-state index in [0.717, 1.165) is 38.8 Å². The highest BCUT2D eigenvalue weighted by Crippen LogP contribution is 2.40. The number of hydrogen-bond acceptors (Lipinski definition) is 2. The van der Waals surface area contributed by atoms with Crippen molar-refractivity contribution in [2.75, 3.05) is 26.2 Å². The molecule has 0 saturated carbocycles. The molecular formula is C17H24ClN3O2. The van der Waals surface area contributed by atoms with Gasteiger partial charge in [-0.05, 0) is 31.7 Å². The summed E-state index contributed by atoms with van der Waals surface area (Å²) < 4.78 is 1.75. The zero-order valence-corrected chi connectivity index (χ0v) is 14.6. The van der Waals surface area contributed by atoms with E-state index in [2.05, 4.69) is 6.92 Å². The SMILES string of the molecule is CCCN1CCCC2(CCN(C(=O)c3cc(Cl)cn3C)C2)C1=O. The fourth-order valence-electron chi connectivity index (χ4n) is 3.96. The topological polar surface area (TPSA) is 45.5 Å². The van der Waals surface area contributed by atoms with Crippen LogP contribution in [0.4, 0.5) is 0 Å². The maximum absolute atomic E-state index is 12.9. The van der Waals surface area contributed by atoms with Crippen molar-refractivity contribution in [1.29, 1.82) is 0 Å². The third-order valence-corrected chi connectivity index (χ3v) is 5.36. The average molecular weight is 338 g/mol. The van der Waals surface area contributed by atoms with Crippen LogP contribution >= 0.6 is 11.6 Å². The molecule has 6 heteroatoms. The summed E-state index contributed by atoms with van der Waals surface area (Å²) in [4.78, 5) is 29.4. The van der Waals surface area contributed by atoms with Crippen LogP contribution in [0.3, 0.4) is 0 Å². The second kappa shape index (κ2) is 6.19. The van der Waals surface area contributed by atoms with E-state index < -0.39 is 0 Å². The Labute approximate surface area is 142 Å². The summed E-state index contributed by atoms with van der Waals surface area (Å²) in [7, 11) is 1.82. The van der Waals surface area contributed by atoms with E-state index >= 15 is 0 Å². The van der Waals surface area contributed by atoms with E-state index in [1.807, 2.05) is 16.8 Å². The zero-order chi connectivity index (χ0) is 16.6. The van der Waals surface area contributed by atoms with Crippen LogP contribution in [0, 0.1) is 5.41 Å². The molecule has 23 heavy (non-hydrogen) atoms. The average Bonchev–Trinajstić information content (AvgIpc) is 3.08. The first kappa shape index (κ1) is 16.4. The lowest BCUT2D eigenvalue weighted by atomic mass is 9.78. The highest BCUT2D eigenvalue weighted by atomic mass is 35.5. The molecule has 0 aromatic carbocycles. The normalized spacial score (nSPS) is 24.7. The molecule has 1 spiro atoms. The summed E-state index contributed by atoms with van der Waals surface area (Å²) in [5.74, 6) is 0.211. The molecule has 0 radical (unpaired) electrons. The first-order valence-corrected chi connectivity index (χ1v) is 8.75. The number of carbonyl (C=O) groups excluding carboxylic acids is 2. The Morgan fingerprint density at radius 2 is 2.13 bits per heavy atom. The van der Waals surface area contributed by atoms with E-state index in [1.165, 1.54) is 0 Å². The number of aromatic nitrogens is 1. The molecule has 3 heterocycles. The van der Waals surface area contributed by atoms with Crippen molar-refractivity contribution in [2.45, 2.75) is 32.6 Å². The summed E-state index contributed by atoms with van der Waals surface area (Å²) in [6.45, 7) is 4.96. The van der Waals surface area contributed by atoms with Crippen molar-refractivity contribution in [3.8, 4) is 0 Å². The molecule has 5 nitrogen and oxygen atoms in total. The van der Waals surface area contributed by atoms with E-state index in [4.69, 9.17) is 11.6 Å². The molecule has 2 amide bonds. The number of likely N-dealkylation sites (tertiary alicyclic amines) is 2. The van der Waals surface area contributed by atoms with E-state index in [1.54, 1.807) is 16.8 Å². The van der Waals surface area contributed by atoms with Gasteiger partial charge in [-0.2, -0.15) is 0 Å². The zero-order valence-electron chi connectivity index (χ0n) is 13.8. The lowest BCUT2D eigenvalue weighted by molar-refractivity contribution is -0.145. The fraction of sp³-hybridized carbons (Fsp3) is 0.647. The van der Waals surface area contributed by atoms with Crippen molar-refractivity contribution >= 4 is 23.4 Å². The molecule has 0 bridgehead atoms. The molecule has 2 fully saturated rings. The minimum Gasteiger partial charge on any atom is -0.345 e. The molecule has 1 unspecified atom stereocenters. The summed E-state index contributed by atoms with van der Waals surface area (Å²) in [5.41, 5.74) is 0.221. The number of piperidine rings is 1. The number of amides is 2. The Kier molecular flexibility index (Phi) is 4.41. The number of nitrogens with zero attached hydrogens (tertiary/aromatic N) is 3. The van der Waals surface area contributed by atoms with Crippen LogP contribution in [0.15, 0.2) is 12.3 Å². The molecule has 2 aliphatic rings. The molecule has 1 aromatic rings. The second-order valence-electron chi connectivity index (χ2n) is 6.81. The van der Waals surface area contributed by atoms with Crippen LogP contribution in [0.1, 0.15) is 43.1 Å². The first-order valence-electron chi connectivity index (χ1n) is 8.37. The maximum Gasteiger partial charge on any atom is 0.270 e. The second-order valence-corrected chi connectivity index (χ2v) is 7.24. The van der Waals surface area contributed by atoms with Gasteiger partial charge in [0.15, 0.2) is 0 Å². The summed E-state index contributed by atoms with van der Waals surface area (Å²) in [5, 5.41) is 0.563. The van der Waals surface area contributed by atoms with Gasteiger partial charge < -0.3 is 14.4 Å². The number of rotatable bonds is 3. The van der Waals surface area contributed by atoms with Crippen LogP contribution in [0.2, 0.25) is 5.02 Å². The van der Waals surface area contributed by atoms with Crippen LogP contribution in [-0.4, -0.2) is 52.4 Å². The predicted molar refractivity (Wildman–Crippen MR) is 89.5 cm³/mol. The van der Waals surface area contributed by atoms with Crippen molar-refractivity contribution in [3.05, 3.63) is 23.0 Å². The van der Waals surface area contributed by atoms with Crippen molar-refractivity contribution in [3.63, 3.8) is 0 Å². The Morgan fingerprint density at radius 1 is 1.35 bits per heavy atom. The predicted octanol–water partition coefficient (Wildman–Crippen LogP) is 2.54. The monoisotopic (exact) mass is 337 g/mol. The van der Waals surface area contributed by atoms with Gasteiger partial charge in [0.25, 0.3) is 5.91 Å². The summed E-state index contributed by atoms with van der Waals surface area (Å²) in [6, 6.07) is 1.70. The molecule has 2 saturated heterocycles. The lowest BCUT2D eigenvalue weighted by Crippen LogP contribution is -2.50. The maximum atomic E-state index is 12.9. The first-order chi connectivity index (χ1) is 11.0. The molecular weight excluding hydrogens is 314 g/mol. The van der Waals surface area contributed by atoms with Gasteiger partial charge in [0, 0.05) is 39.4 Å². The molecule has 2 aliphatic heterocycles. The standard InChI is InChI=1S/C17H24ClN3O2/c1-3-7-20-8-4-5-17(16(20)23)6-9-21(12-17)15(22)14-10-13(18)11-19(14)2/h10-11H,3-9,12H2,1-2H3. The third-order valence-electron chi connectivity index (χ3n) is 5.15.